The molecule has 174 valence electrons. The molecule has 6 nitrogen and oxygen atoms in total. The number of aliphatic hydroxyl groups is 1. The second kappa shape index (κ2) is 8.49. The van der Waals surface area contributed by atoms with Gasteiger partial charge in [-0.25, -0.2) is 0 Å². The topological polar surface area (TPSA) is 64.1 Å². The van der Waals surface area contributed by atoms with Gasteiger partial charge in [0.05, 0.1) is 18.7 Å². The largest absolute Gasteiger partial charge is 0.394 e. The molecule has 1 saturated carbocycles. The molecule has 3 aliphatic rings. The summed E-state index contributed by atoms with van der Waals surface area (Å²) in [4.78, 5) is 31.4. The van der Waals surface area contributed by atoms with E-state index < -0.39 is 0 Å². The minimum Gasteiger partial charge on any atom is -0.394 e. The lowest BCUT2D eigenvalue weighted by Gasteiger charge is -2.45. The smallest absolute Gasteiger partial charge is 0.253 e. The number of anilines is 1. The van der Waals surface area contributed by atoms with Crippen LogP contribution in [0.1, 0.15) is 47.6 Å². The van der Waals surface area contributed by atoms with Gasteiger partial charge in [0.1, 0.15) is 0 Å². The highest BCUT2D eigenvalue weighted by molar-refractivity contribution is 5.94. The molecular formula is C27H33N3O3. The van der Waals surface area contributed by atoms with Gasteiger partial charge in [-0.05, 0) is 60.2 Å². The fraction of sp³-hybridized carbons (Fsp3) is 0.481. The van der Waals surface area contributed by atoms with Crippen LogP contribution in [-0.4, -0.2) is 67.1 Å². The molecule has 0 radical (unpaired) electrons. The van der Waals surface area contributed by atoms with Crippen molar-refractivity contribution in [2.24, 2.45) is 11.8 Å². The molecule has 0 unspecified atom stereocenters. The number of amides is 2. The Kier molecular flexibility index (Phi) is 5.65. The van der Waals surface area contributed by atoms with E-state index >= 15 is 0 Å². The van der Waals surface area contributed by atoms with E-state index in [0.29, 0.717) is 5.56 Å². The molecule has 2 aromatic rings. The number of likely N-dealkylation sites (tertiary alicyclic amines) is 1. The number of carbonyl (C=O) groups is 2. The molecule has 2 heterocycles. The zero-order valence-electron chi connectivity index (χ0n) is 19.7. The molecule has 2 aromatic carbocycles. The van der Waals surface area contributed by atoms with Crippen LogP contribution in [0.15, 0.2) is 42.5 Å². The highest BCUT2D eigenvalue weighted by atomic mass is 16.3. The predicted molar refractivity (Wildman–Crippen MR) is 129 cm³/mol. The molecule has 0 aromatic heterocycles. The highest BCUT2D eigenvalue weighted by Gasteiger charge is 2.49. The molecule has 2 aliphatic heterocycles. The summed E-state index contributed by atoms with van der Waals surface area (Å²) in [5, 5.41) is 10.2. The number of carbonyl (C=O) groups excluding carboxylic acids is 2. The van der Waals surface area contributed by atoms with Crippen molar-refractivity contribution in [1.29, 1.82) is 0 Å². The van der Waals surface area contributed by atoms with E-state index in [1.54, 1.807) is 19.0 Å². The van der Waals surface area contributed by atoms with Crippen LogP contribution in [0.4, 0.5) is 5.69 Å². The molecule has 6 heteroatoms. The van der Waals surface area contributed by atoms with Gasteiger partial charge in [0, 0.05) is 50.8 Å². The Bertz CT molecular complexity index is 1060. The minimum atomic E-state index is -0.0115. The third-order valence-corrected chi connectivity index (χ3v) is 7.96. The average molecular weight is 448 g/mol. The second-order valence-electron chi connectivity index (χ2n) is 9.97. The zero-order valence-corrected chi connectivity index (χ0v) is 19.7. The van der Waals surface area contributed by atoms with E-state index in [9.17, 15) is 14.7 Å². The van der Waals surface area contributed by atoms with Crippen LogP contribution >= 0.6 is 0 Å². The maximum Gasteiger partial charge on any atom is 0.253 e. The summed E-state index contributed by atoms with van der Waals surface area (Å²) in [5.41, 5.74) is 5.05. The fourth-order valence-corrected chi connectivity index (χ4v) is 5.83. The van der Waals surface area contributed by atoms with Gasteiger partial charge in [-0.15, -0.1) is 0 Å². The van der Waals surface area contributed by atoms with Crippen LogP contribution in [0.25, 0.3) is 11.1 Å². The van der Waals surface area contributed by atoms with Crippen LogP contribution < -0.4 is 4.90 Å². The first-order valence-corrected chi connectivity index (χ1v) is 12.0. The van der Waals surface area contributed by atoms with Crippen molar-refractivity contribution in [3.63, 3.8) is 0 Å². The normalized spacial score (nSPS) is 24.2. The number of fused-ring (bicyclic) bond motifs is 3. The molecule has 1 aliphatic carbocycles. The molecule has 2 fully saturated rings. The van der Waals surface area contributed by atoms with Gasteiger partial charge in [0.2, 0.25) is 5.91 Å². The van der Waals surface area contributed by atoms with Gasteiger partial charge in [-0.3, -0.25) is 9.59 Å². The molecule has 1 saturated heterocycles. The summed E-state index contributed by atoms with van der Waals surface area (Å²) in [6.45, 7) is 0.853. The summed E-state index contributed by atoms with van der Waals surface area (Å²) in [5.74, 6) is 0.678. The Morgan fingerprint density at radius 1 is 1.03 bits per heavy atom. The summed E-state index contributed by atoms with van der Waals surface area (Å²) in [7, 11) is 5.56. The van der Waals surface area contributed by atoms with Crippen molar-refractivity contribution in [3.8, 4) is 11.1 Å². The van der Waals surface area contributed by atoms with Gasteiger partial charge in [0.25, 0.3) is 5.91 Å². The van der Waals surface area contributed by atoms with Crippen LogP contribution in [-0.2, 0) is 4.79 Å². The lowest BCUT2D eigenvalue weighted by atomic mass is 9.80. The molecule has 0 bridgehead atoms. The summed E-state index contributed by atoms with van der Waals surface area (Å²) in [6, 6.07) is 14.2. The van der Waals surface area contributed by atoms with Crippen molar-refractivity contribution < 1.29 is 14.7 Å². The van der Waals surface area contributed by atoms with Gasteiger partial charge < -0.3 is 19.8 Å². The molecule has 33 heavy (non-hydrogen) atoms. The van der Waals surface area contributed by atoms with E-state index in [0.717, 1.165) is 49.0 Å². The van der Waals surface area contributed by atoms with Crippen molar-refractivity contribution in [3.05, 3.63) is 53.6 Å². The Labute approximate surface area is 195 Å². The number of hydrogen-bond acceptors (Lipinski definition) is 4. The lowest BCUT2D eigenvalue weighted by Crippen LogP contribution is -2.49. The maximum absolute atomic E-state index is 13.3. The second-order valence-corrected chi connectivity index (χ2v) is 9.97. The first kappa shape index (κ1) is 22.0. The maximum atomic E-state index is 13.3. The Morgan fingerprint density at radius 2 is 1.73 bits per heavy atom. The third-order valence-electron chi connectivity index (χ3n) is 7.96. The number of benzene rings is 2. The van der Waals surface area contributed by atoms with Gasteiger partial charge in [-0.2, -0.15) is 0 Å². The van der Waals surface area contributed by atoms with E-state index in [-0.39, 0.29) is 42.3 Å². The predicted octanol–water partition coefficient (Wildman–Crippen LogP) is 3.56. The van der Waals surface area contributed by atoms with Gasteiger partial charge in [-0.1, -0.05) is 24.6 Å². The van der Waals surface area contributed by atoms with Gasteiger partial charge >= 0.3 is 0 Å². The number of hydrogen-bond donors (Lipinski definition) is 1. The Balaban J connectivity index is 1.52. The molecular weight excluding hydrogens is 414 g/mol. The Morgan fingerprint density at radius 3 is 2.33 bits per heavy atom. The first-order valence-electron chi connectivity index (χ1n) is 12.0. The van der Waals surface area contributed by atoms with Crippen molar-refractivity contribution in [2.45, 2.75) is 37.8 Å². The molecule has 3 atom stereocenters. The summed E-state index contributed by atoms with van der Waals surface area (Å²) < 4.78 is 0. The number of aliphatic hydroxyl groups excluding tert-OH is 1. The fourth-order valence-electron chi connectivity index (χ4n) is 5.83. The average Bonchev–Trinajstić information content (AvgIpc) is 3.22. The number of nitrogens with zero attached hydrogens (tertiary/aromatic N) is 3. The monoisotopic (exact) mass is 447 g/mol. The first-order chi connectivity index (χ1) is 15.9. The highest BCUT2D eigenvalue weighted by Crippen LogP contribution is 2.50. The standard InChI is InChI=1S/C27H33N3O3/c1-28(2)26(32)19-9-7-17(8-10-19)20-11-12-23-22(15-20)25-21(24(16-31)29(23)3)13-14-30(25)27(33)18-5-4-6-18/h7-12,15,18,21,24-25,31H,4-6,13-14,16H2,1-3H3/t21-,24-,25-/m1/s1. The number of rotatable bonds is 4. The summed E-state index contributed by atoms with van der Waals surface area (Å²) in [6.07, 6.45) is 4.07. The van der Waals surface area contributed by atoms with Crippen LogP contribution in [0.3, 0.4) is 0 Å². The SMILES string of the molecule is CN(C)C(=O)c1ccc(-c2ccc3c(c2)[C@H]2[C@H](CCN2C(=O)C2CCC2)[C@@H](CO)N3C)cc1. The van der Waals surface area contributed by atoms with E-state index in [2.05, 4.69) is 28.0 Å². The molecule has 5 rings (SSSR count). The van der Waals surface area contributed by atoms with E-state index in [1.807, 2.05) is 31.3 Å². The minimum absolute atomic E-state index is 0.0102. The van der Waals surface area contributed by atoms with Crippen molar-refractivity contribution in [1.82, 2.24) is 9.80 Å². The van der Waals surface area contributed by atoms with Gasteiger partial charge in [0.15, 0.2) is 0 Å². The van der Waals surface area contributed by atoms with Crippen LogP contribution in [0.2, 0.25) is 0 Å². The van der Waals surface area contributed by atoms with Crippen LogP contribution in [0, 0.1) is 11.8 Å². The molecule has 1 N–H and O–H groups in total. The third kappa shape index (κ3) is 3.61. The van der Waals surface area contributed by atoms with E-state index in [4.69, 9.17) is 0 Å². The Hall–Kier alpha value is -2.86. The quantitative estimate of drug-likeness (QED) is 0.779. The zero-order chi connectivity index (χ0) is 23.3. The van der Waals surface area contributed by atoms with Crippen molar-refractivity contribution >= 4 is 17.5 Å². The molecule has 0 spiro atoms. The van der Waals surface area contributed by atoms with Crippen molar-refractivity contribution in [2.75, 3.05) is 39.2 Å². The lowest BCUT2D eigenvalue weighted by molar-refractivity contribution is -0.139. The van der Waals surface area contributed by atoms with Crippen LogP contribution in [0.5, 0.6) is 0 Å². The summed E-state index contributed by atoms with van der Waals surface area (Å²) >= 11 is 0. The molecule has 2 amide bonds. The number of likely N-dealkylation sites (N-methyl/N-ethyl adjacent to an activating group) is 1. The van der Waals surface area contributed by atoms with E-state index in [1.165, 1.54) is 5.56 Å².